The smallest absolute Gasteiger partial charge is 0.323 e. The van der Waals surface area contributed by atoms with Crippen LogP contribution in [0.1, 0.15) is 63.5 Å². The average molecular weight is 510 g/mol. The van der Waals surface area contributed by atoms with Gasteiger partial charge in [-0.05, 0) is 98.8 Å². The summed E-state index contributed by atoms with van der Waals surface area (Å²) in [7, 11) is 2.99. The van der Waals surface area contributed by atoms with Crippen molar-refractivity contribution in [3.63, 3.8) is 0 Å². The van der Waals surface area contributed by atoms with E-state index in [2.05, 4.69) is 31.3 Å². The monoisotopic (exact) mass is 509 g/mol. The maximum atomic E-state index is 13.2. The van der Waals surface area contributed by atoms with Gasteiger partial charge in [-0.3, -0.25) is 9.59 Å². The van der Waals surface area contributed by atoms with E-state index in [1.807, 2.05) is 30.5 Å². The van der Waals surface area contributed by atoms with Gasteiger partial charge < -0.3 is 19.2 Å². The predicted octanol–water partition coefficient (Wildman–Crippen LogP) is 5.60. The molecule has 0 radical (unpaired) electrons. The molecule has 0 saturated heterocycles. The molecule has 202 valence electrons. The number of esters is 2. The molecule has 1 heterocycles. The molecule has 2 unspecified atom stereocenters. The van der Waals surface area contributed by atoms with E-state index < -0.39 is 5.41 Å². The van der Waals surface area contributed by atoms with Crippen LogP contribution < -0.4 is 5.32 Å². The fourth-order valence-corrected chi connectivity index (χ4v) is 7.78. The quantitative estimate of drug-likeness (QED) is 0.420. The SMILES string of the molecule is COC(=O)C(NCCc1ccccc1)C1CC[C@H]2[C@@](C)(CCC[C@]2(C)C(=O)OC)[C@@H]1CCc1ccoc1. The third kappa shape index (κ3) is 5.64. The molecular weight excluding hydrogens is 466 g/mol. The minimum atomic E-state index is -0.498. The predicted molar refractivity (Wildman–Crippen MR) is 143 cm³/mol. The van der Waals surface area contributed by atoms with Crippen molar-refractivity contribution in [2.75, 3.05) is 20.8 Å². The minimum Gasteiger partial charge on any atom is -0.472 e. The number of aryl methyl sites for hydroxylation is 1. The fourth-order valence-electron chi connectivity index (χ4n) is 7.78. The lowest BCUT2D eigenvalue weighted by Gasteiger charge is -2.60. The number of fused-ring (bicyclic) bond motifs is 1. The summed E-state index contributed by atoms with van der Waals surface area (Å²) >= 11 is 0. The van der Waals surface area contributed by atoms with Crippen molar-refractivity contribution in [2.24, 2.45) is 28.6 Å². The van der Waals surface area contributed by atoms with Crippen LogP contribution in [0.15, 0.2) is 53.3 Å². The van der Waals surface area contributed by atoms with Gasteiger partial charge in [-0.1, -0.05) is 43.7 Å². The van der Waals surface area contributed by atoms with E-state index in [0.29, 0.717) is 6.54 Å². The number of nitrogens with one attached hydrogen (secondary N) is 1. The van der Waals surface area contributed by atoms with Crippen molar-refractivity contribution < 1.29 is 23.5 Å². The third-order valence-corrected chi connectivity index (χ3v) is 9.61. The molecule has 0 spiro atoms. The molecule has 1 aromatic heterocycles. The molecule has 1 aromatic carbocycles. The van der Waals surface area contributed by atoms with Gasteiger partial charge in [-0.15, -0.1) is 0 Å². The Morgan fingerprint density at radius 2 is 1.81 bits per heavy atom. The molecule has 2 aliphatic carbocycles. The van der Waals surface area contributed by atoms with Crippen molar-refractivity contribution in [2.45, 2.75) is 71.3 Å². The van der Waals surface area contributed by atoms with Gasteiger partial charge in [-0.25, -0.2) is 0 Å². The van der Waals surface area contributed by atoms with E-state index in [-0.39, 0.29) is 41.1 Å². The van der Waals surface area contributed by atoms with Crippen molar-refractivity contribution in [3.8, 4) is 0 Å². The van der Waals surface area contributed by atoms with Crippen molar-refractivity contribution in [1.82, 2.24) is 5.32 Å². The Morgan fingerprint density at radius 3 is 2.49 bits per heavy atom. The Morgan fingerprint density at radius 1 is 1.03 bits per heavy atom. The van der Waals surface area contributed by atoms with Gasteiger partial charge in [0.15, 0.2) is 0 Å². The molecule has 2 aliphatic rings. The summed E-state index contributed by atoms with van der Waals surface area (Å²) in [5, 5.41) is 3.59. The van der Waals surface area contributed by atoms with Gasteiger partial charge >= 0.3 is 11.9 Å². The molecule has 1 N–H and O–H groups in total. The normalized spacial score (nSPS) is 30.2. The van der Waals surface area contributed by atoms with Crippen LogP contribution >= 0.6 is 0 Å². The van der Waals surface area contributed by atoms with Gasteiger partial charge in [0.05, 0.1) is 32.2 Å². The highest BCUT2D eigenvalue weighted by molar-refractivity contribution is 5.77. The Labute approximate surface area is 221 Å². The molecule has 0 amide bonds. The molecule has 0 bridgehead atoms. The maximum Gasteiger partial charge on any atom is 0.323 e. The number of ether oxygens (including phenoxy) is 2. The second-order valence-electron chi connectivity index (χ2n) is 11.5. The lowest BCUT2D eigenvalue weighted by molar-refractivity contribution is -0.176. The number of carbonyl (C=O) groups is 2. The first kappa shape index (κ1) is 27.4. The largest absolute Gasteiger partial charge is 0.472 e. The molecule has 4 rings (SSSR count). The summed E-state index contributed by atoms with van der Waals surface area (Å²) in [4.78, 5) is 26.3. The van der Waals surface area contributed by atoms with Crippen LogP contribution in [0.2, 0.25) is 0 Å². The van der Waals surface area contributed by atoms with Crippen molar-refractivity contribution in [3.05, 3.63) is 60.1 Å². The number of methoxy groups -OCH3 is 2. The molecule has 0 aliphatic heterocycles. The summed E-state index contributed by atoms with van der Waals surface area (Å²) < 4.78 is 16.0. The zero-order valence-corrected chi connectivity index (χ0v) is 22.8. The molecular formula is C31H43NO5. The highest BCUT2D eigenvalue weighted by Crippen LogP contribution is 2.63. The molecule has 2 fully saturated rings. The number of benzene rings is 1. The number of furan rings is 1. The Bertz CT molecular complexity index is 1020. The molecule has 37 heavy (non-hydrogen) atoms. The molecule has 2 aromatic rings. The highest BCUT2D eigenvalue weighted by Gasteiger charge is 2.60. The highest BCUT2D eigenvalue weighted by atomic mass is 16.5. The third-order valence-electron chi connectivity index (χ3n) is 9.61. The number of hydrogen-bond acceptors (Lipinski definition) is 6. The van der Waals surface area contributed by atoms with E-state index in [4.69, 9.17) is 13.9 Å². The van der Waals surface area contributed by atoms with Crippen molar-refractivity contribution >= 4 is 11.9 Å². The van der Waals surface area contributed by atoms with Crippen LogP contribution in [-0.2, 0) is 31.9 Å². The van der Waals surface area contributed by atoms with E-state index in [1.54, 1.807) is 6.26 Å². The summed E-state index contributed by atoms with van der Waals surface area (Å²) in [5.74, 6) is 0.297. The number of rotatable bonds is 10. The second-order valence-corrected chi connectivity index (χ2v) is 11.5. The summed E-state index contributed by atoms with van der Waals surface area (Å²) in [6.45, 7) is 5.17. The minimum absolute atomic E-state index is 0.0821. The summed E-state index contributed by atoms with van der Waals surface area (Å²) in [6, 6.07) is 12.0. The first-order valence-corrected chi connectivity index (χ1v) is 13.8. The Kier molecular flexibility index (Phi) is 8.79. The van der Waals surface area contributed by atoms with Gasteiger partial charge in [0, 0.05) is 0 Å². The number of carbonyl (C=O) groups excluding carboxylic acids is 2. The fraction of sp³-hybridized carbons (Fsp3) is 0.613. The first-order valence-electron chi connectivity index (χ1n) is 13.8. The lowest BCUT2D eigenvalue weighted by atomic mass is 9.45. The van der Waals surface area contributed by atoms with Gasteiger partial charge in [0.1, 0.15) is 6.04 Å². The lowest BCUT2D eigenvalue weighted by Crippen LogP contribution is -2.59. The standard InChI is InChI=1S/C31H43NO5/c1-30-17-8-18-31(2,29(34)36-4)26(30)14-12-24(25(30)13-11-23-16-20-37-21-23)27(28(33)35-3)32-19-15-22-9-6-5-7-10-22/h5-7,9-10,16,20-21,24-27,32H,8,11-15,17-19H2,1-4H3/t24?,25-,26+,27?,30+,31+/m1/s1. The van der Waals surface area contributed by atoms with E-state index in [0.717, 1.165) is 51.4 Å². The second kappa shape index (κ2) is 11.8. The van der Waals surface area contributed by atoms with E-state index in [9.17, 15) is 9.59 Å². The van der Waals surface area contributed by atoms with Crippen LogP contribution in [0.4, 0.5) is 0 Å². The van der Waals surface area contributed by atoms with E-state index >= 15 is 0 Å². The zero-order valence-electron chi connectivity index (χ0n) is 22.8. The molecule has 2 saturated carbocycles. The molecule has 6 atom stereocenters. The van der Waals surface area contributed by atoms with Crippen LogP contribution in [0.5, 0.6) is 0 Å². The molecule has 6 heteroatoms. The van der Waals surface area contributed by atoms with Crippen LogP contribution in [0, 0.1) is 28.6 Å². The average Bonchev–Trinajstić information content (AvgIpc) is 3.43. The first-order chi connectivity index (χ1) is 17.8. The van der Waals surface area contributed by atoms with Crippen molar-refractivity contribution in [1.29, 1.82) is 0 Å². The van der Waals surface area contributed by atoms with Crippen LogP contribution in [-0.4, -0.2) is 38.7 Å². The van der Waals surface area contributed by atoms with Crippen LogP contribution in [0.25, 0.3) is 0 Å². The van der Waals surface area contributed by atoms with Gasteiger partial charge in [-0.2, -0.15) is 0 Å². The zero-order chi connectivity index (χ0) is 26.5. The summed E-state index contributed by atoms with van der Waals surface area (Å²) in [6.07, 6.45) is 10.9. The molecule has 6 nitrogen and oxygen atoms in total. The van der Waals surface area contributed by atoms with Crippen LogP contribution in [0.3, 0.4) is 0 Å². The Hall–Kier alpha value is -2.60. The summed E-state index contributed by atoms with van der Waals surface area (Å²) in [5.41, 5.74) is 1.83. The van der Waals surface area contributed by atoms with Gasteiger partial charge in [0.2, 0.25) is 0 Å². The maximum absolute atomic E-state index is 13.2. The topological polar surface area (TPSA) is 77.8 Å². The van der Waals surface area contributed by atoms with E-state index in [1.165, 1.54) is 25.3 Å². The van der Waals surface area contributed by atoms with Gasteiger partial charge in [0.25, 0.3) is 0 Å². The Balaban J connectivity index is 1.62. The number of hydrogen-bond donors (Lipinski definition) is 1.